The van der Waals surface area contributed by atoms with E-state index < -0.39 is 17.4 Å². The Balaban J connectivity index is 1.48. The summed E-state index contributed by atoms with van der Waals surface area (Å²) in [6, 6.07) is 0. The van der Waals surface area contributed by atoms with Crippen LogP contribution in [0.1, 0.15) is 39.0 Å². The van der Waals surface area contributed by atoms with E-state index in [1.54, 1.807) is 4.90 Å². The van der Waals surface area contributed by atoms with Gasteiger partial charge in [0.2, 0.25) is 17.7 Å². The molecule has 148 valence electrons. The van der Waals surface area contributed by atoms with Crippen molar-refractivity contribution < 1.29 is 19.1 Å². The molecule has 0 aromatic heterocycles. The fraction of sp³-hybridized carbons (Fsp3) is 0.750. The second-order valence-electron chi connectivity index (χ2n) is 8.24. The van der Waals surface area contributed by atoms with E-state index in [1.807, 2.05) is 17.1 Å². The normalized spacial score (nSPS) is 35.1. The van der Waals surface area contributed by atoms with Crippen molar-refractivity contribution in [3.05, 3.63) is 12.2 Å². The number of rotatable bonds is 4. The summed E-state index contributed by atoms with van der Waals surface area (Å²) in [7, 11) is 0. The maximum atomic E-state index is 13.3. The zero-order valence-electron chi connectivity index (χ0n) is 16.0. The van der Waals surface area contributed by atoms with Gasteiger partial charge in [-0.3, -0.25) is 14.4 Å². The summed E-state index contributed by atoms with van der Waals surface area (Å²) in [6.45, 7) is 4.36. The minimum atomic E-state index is -0.666. The van der Waals surface area contributed by atoms with Gasteiger partial charge in [0.05, 0.1) is 24.5 Å². The van der Waals surface area contributed by atoms with Gasteiger partial charge in [0, 0.05) is 33.1 Å². The van der Waals surface area contributed by atoms with Gasteiger partial charge in [-0.2, -0.15) is 0 Å². The summed E-state index contributed by atoms with van der Waals surface area (Å²) in [5.41, 5.74) is -0.666. The maximum Gasteiger partial charge on any atom is 0.230 e. The molecule has 3 fully saturated rings. The molecule has 2 bridgehead atoms. The van der Waals surface area contributed by atoms with Crippen LogP contribution >= 0.6 is 0 Å². The lowest BCUT2D eigenvalue weighted by molar-refractivity contribution is -0.143. The molecule has 0 unspecified atom stereocenters. The molecule has 0 aromatic carbocycles. The number of nitrogens with zero attached hydrogens (tertiary/aromatic N) is 2. The number of ether oxygens (including phenoxy) is 1. The van der Waals surface area contributed by atoms with Crippen molar-refractivity contribution in [1.29, 1.82) is 0 Å². The Hall–Kier alpha value is -1.89. The standard InChI is InChI=1S/C20H29N3O4/c1-14(24)21-9-12-23-13-20-8-7-15(27-20)16(17(20)19(23)26)18(25)22-10-5-3-2-4-6-11-22/h7-8,15-17H,2-6,9-13H2,1H3,(H,21,24)/t15-,16+,17+,20-/m0/s1. The average Bonchev–Trinajstić information content (AvgIpc) is 3.22. The molecule has 0 radical (unpaired) electrons. The highest BCUT2D eigenvalue weighted by Crippen LogP contribution is 2.52. The molecular formula is C20H29N3O4. The van der Waals surface area contributed by atoms with Crippen molar-refractivity contribution in [3.63, 3.8) is 0 Å². The molecular weight excluding hydrogens is 346 g/mol. The van der Waals surface area contributed by atoms with Gasteiger partial charge in [-0.25, -0.2) is 0 Å². The molecule has 4 atom stereocenters. The molecule has 0 aromatic rings. The number of carbonyl (C=O) groups is 3. The summed E-state index contributed by atoms with van der Waals surface area (Å²) in [6.07, 6.45) is 9.31. The van der Waals surface area contributed by atoms with Gasteiger partial charge in [0.15, 0.2) is 0 Å². The lowest BCUT2D eigenvalue weighted by atomic mass is 9.76. The molecule has 1 spiro atoms. The smallest absolute Gasteiger partial charge is 0.230 e. The van der Waals surface area contributed by atoms with E-state index in [-0.39, 0.29) is 23.8 Å². The summed E-state index contributed by atoms with van der Waals surface area (Å²) >= 11 is 0. The fourth-order valence-corrected chi connectivity index (χ4v) is 5.10. The largest absolute Gasteiger partial charge is 0.360 e. The van der Waals surface area contributed by atoms with Gasteiger partial charge >= 0.3 is 0 Å². The van der Waals surface area contributed by atoms with Crippen LogP contribution in [0.4, 0.5) is 0 Å². The Bertz CT molecular complexity index is 656. The molecule has 0 saturated carbocycles. The van der Waals surface area contributed by atoms with E-state index in [0.717, 1.165) is 38.8 Å². The van der Waals surface area contributed by atoms with Crippen LogP contribution in [-0.4, -0.2) is 72.0 Å². The third-order valence-electron chi connectivity index (χ3n) is 6.39. The van der Waals surface area contributed by atoms with Crippen molar-refractivity contribution in [2.75, 3.05) is 32.7 Å². The van der Waals surface area contributed by atoms with Crippen molar-refractivity contribution in [2.24, 2.45) is 11.8 Å². The first kappa shape index (κ1) is 18.5. The number of likely N-dealkylation sites (tertiary alicyclic amines) is 2. The molecule has 3 amide bonds. The monoisotopic (exact) mass is 375 g/mol. The van der Waals surface area contributed by atoms with Crippen LogP contribution in [0.25, 0.3) is 0 Å². The van der Waals surface area contributed by atoms with Crippen LogP contribution in [0.5, 0.6) is 0 Å². The van der Waals surface area contributed by atoms with Crippen LogP contribution in [0.2, 0.25) is 0 Å². The fourth-order valence-electron chi connectivity index (χ4n) is 5.10. The zero-order valence-corrected chi connectivity index (χ0v) is 16.0. The Kier molecular flexibility index (Phi) is 4.97. The predicted molar refractivity (Wildman–Crippen MR) is 98.7 cm³/mol. The van der Waals surface area contributed by atoms with E-state index in [9.17, 15) is 14.4 Å². The Morgan fingerprint density at radius 1 is 1.22 bits per heavy atom. The van der Waals surface area contributed by atoms with Crippen molar-refractivity contribution in [2.45, 2.75) is 50.7 Å². The van der Waals surface area contributed by atoms with E-state index in [4.69, 9.17) is 4.74 Å². The van der Waals surface area contributed by atoms with Gasteiger partial charge in [0.25, 0.3) is 0 Å². The van der Waals surface area contributed by atoms with Gasteiger partial charge in [-0.05, 0) is 12.8 Å². The molecule has 27 heavy (non-hydrogen) atoms. The molecule has 7 heteroatoms. The maximum absolute atomic E-state index is 13.3. The number of fused-ring (bicyclic) bond motifs is 1. The molecule has 7 nitrogen and oxygen atoms in total. The molecule has 4 aliphatic rings. The van der Waals surface area contributed by atoms with Crippen molar-refractivity contribution in [1.82, 2.24) is 15.1 Å². The van der Waals surface area contributed by atoms with Gasteiger partial charge in [-0.15, -0.1) is 0 Å². The number of nitrogens with one attached hydrogen (secondary N) is 1. The van der Waals surface area contributed by atoms with Gasteiger partial charge in [-0.1, -0.05) is 31.4 Å². The lowest BCUT2D eigenvalue weighted by Crippen LogP contribution is -2.47. The average molecular weight is 375 g/mol. The summed E-state index contributed by atoms with van der Waals surface area (Å²) in [5.74, 6) is -0.884. The van der Waals surface area contributed by atoms with Gasteiger partial charge < -0.3 is 19.9 Å². The quantitative estimate of drug-likeness (QED) is 0.734. The van der Waals surface area contributed by atoms with E-state index in [1.165, 1.54) is 13.3 Å². The zero-order chi connectivity index (χ0) is 19.0. The second-order valence-corrected chi connectivity index (χ2v) is 8.24. The number of hydrogen-bond donors (Lipinski definition) is 1. The summed E-state index contributed by atoms with van der Waals surface area (Å²) in [5, 5.41) is 2.73. The van der Waals surface area contributed by atoms with E-state index in [0.29, 0.717) is 19.6 Å². The number of amides is 3. The number of hydrogen-bond acceptors (Lipinski definition) is 4. The minimum absolute atomic E-state index is 0.0161. The SMILES string of the molecule is CC(=O)NCCN1C[C@]23C=C[C@H](O2)[C@@H](C(=O)N2CCCCCCC2)[C@@H]3C1=O. The number of carbonyl (C=O) groups excluding carboxylic acids is 3. The highest BCUT2D eigenvalue weighted by molar-refractivity contribution is 5.93. The van der Waals surface area contributed by atoms with Crippen LogP contribution in [0, 0.1) is 11.8 Å². The minimum Gasteiger partial charge on any atom is -0.360 e. The highest BCUT2D eigenvalue weighted by Gasteiger charge is 2.67. The Morgan fingerprint density at radius 2 is 1.93 bits per heavy atom. The molecule has 4 heterocycles. The summed E-state index contributed by atoms with van der Waals surface area (Å²) in [4.78, 5) is 41.2. The molecule has 3 saturated heterocycles. The third kappa shape index (κ3) is 3.26. The lowest BCUT2D eigenvalue weighted by Gasteiger charge is -2.31. The topological polar surface area (TPSA) is 79.0 Å². The van der Waals surface area contributed by atoms with Crippen LogP contribution in [-0.2, 0) is 19.1 Å². The first-order valence-corrected chi connectivity index (χ1v) is 10.2. The second kappa shape index (κ2) is 7.26. The molecule has 0 aliphatic carbocycles. The van der Waals surface area contributed by atoms with E-state index in [2.05, 4.69) is 5.32 Å². The first-order chi connectivity index (χ1) is 13.0. The van der Waals surface area contributed by atoms with Crippen molar-refractivity contribution >= 4 is 17.7 Å². The van der Waals surface area contributed by atoms with Crippen molar-refractivity contribution in [3.8, 4) is 0 Å². The molecule has 4 aliphatic heterocycles. The highest BCUT2D eigenvalue weighted by atomic mass is 16.5. The predicted octanol–water partition coefficient (Wildman–Crippen LogP) is 0.697. The third-order valence-corrected chi connectivity index (χ3v) is 6.39. The first-order valence-electron chi connectivity index (χ1n) is 10.2. The van der Waals surface area contributed by atoms with E-state index >= 15 is 0 Å². The van der Waals surface area contributed by atoms with Crippen LogP contribution in [0.3, 0.4) is 0 Å². The van der Waals surface area contributed by atoms with Crippen LogP contribution in [0.15, 0.2) is 12.2 Å². The Morgan fingerprint density at radius 3 is 2.63 bits per heavy atom. The Labute approximate surface area is 160 Å². The molecule has 4 rings (SSSR count). The van der Waals surface area contributed by atoms with Gasteiger partial charge in [0.1, 0.15) is 5.60 Å². The van der Waals surface area contributed by atoms with Crippen LogP contribution < -0.4 is 5.32 Å². The summed E-state index contributed by atoms with van der Waals surface area (Å²) < 4.78 is 6.18. The molecule has 1 N–H and O–H groups in total.